The highest BCUT2D eigenvalue weighted by atomic mass is 32.2. The minimum Gasteiger partial charge on any atom is -0.399 e. The zero-order valence-electron chi connectivity index (χ0n) is 11.7. The lowest BCUT2D eigenvalue weighted by Gasteiger charge is -2.03. The lowest BCUT2D eigenvalue weighted by atomic mass is 10.2. The Morgan fingerprint density at radius 3 is 2.95 bits per heavy atom. The van der Waals surface area contributed by atoms with Crippen LogP contribution in [0.15, 0.2) is 24.3 Å². The first-order valence-corrected chi connectivity index (χ1v) is 8.25. The van der Waals surface area contributed by atoms with E-state index in [0.29, 0.717) is 11.4 Å². The van der Waals surface area contributed by atoms with E-state index in [9.17, 15) is 4.79 Å². The Morgan fingerprint density at radius 2 is 2.15 bits per heavy atom. The third-order valence-corrected chi connectivity index (χ3v) is 3.90. The number of benzene rings is 1. The van der Waals surface area contributed by atoms with Gasteiger partial charge >= 0.3 is 0 Å². The van der Waals surface area contributed by atoms with Gasteiger partial charge in [-0.05, 0) is 49.1 Å². The molecule has 0 unspecified atom stereocenters. The molecule has 4 nitrogen and oxygen atoms in total. The number of hydrogen-bond donors (Lipinski definition) is 3. The summed E-state index contributed by atoms with van der Waals surface area (Å²) in [5.41, 5.74) is 7.96. The number of carbonyl (C=O) groups excluding carboxylic acids is 1. The molecular formula is C15H21N3OS. The number of aromatic amines is 1. The molecule has 0 aliphatic carbocycles. The summed E-state index contributed by atoms with van der Waals surface area (Å²) < 4.78 is 0. The molecule has 0 saturated carbocycles. The maximum Gasteiger partial charge on any atom is 0.267 e. The van der Waals surface area contributed by atoms with Gasteiger partial charge in [0.2, 0.25) is 0 Å². The molecule has 0 aliphatic rings. The highest BCUT2D eigenvalue weighted by Crippen LogP contribution is 2.18. The molecule has 5 heteroatoms. The number of carbonyl (C=O) groups is 1. The van der Waals surface area contributed by atoms with Gasteiger partial charge in [-0.2, -0.15) is 11.8 Å². The number of anilines is 1. The molecule has 108 valence electrons. The number of amides is 1. The average Bonchev–Trinajstić information content (AvgIpc) is 2.85. The van der Waals surface area contributed by atoms with Crippen molar-refractivity contribution >= 4 is 34.3 Å². The molecule has 4 N–H and O–H groups in total. The van der Waals surface area contributed by atoms with Crippen LogP contribution in [-0.4, -0.2) is 29.4 Å². The SMILES string of the molecule is CSCCCCCNC(=O)c1cc2cc(N)ccc2[nH]1. The summed E-state index contributed by atoms with van der Waals surface area (Å²) in [6.07, 6.45) is 5.51. The third kappa shape index (κ3) is 3.93. The van der Waals surface area contributed by atoms with Gasteiger partial charge in [0.15, 0.2) is 0 Å². The van der Waals surface area contributed by atoms with Crippen molar-refractivity contribution in [2.75, 3.05) is 24.3 Å². The van der Waals surface area contributed by atoms with Crippen molar-refractivity contribution in [3.63, 3.8) is 0 Å². The minimum atomic E-state index is -0.0513. The second-order valence-electron chi connectivity index (χ2n) is 4.84. The van der Waals surface area contributed by atoms with Crippen molar-refractivity contribution in [2.45, 2.75) is 19.3 Å². The Labute approximate surface area is 123 Å². The van der Waals surface area contributed by atoms with Crippen molar-refractivity contribution in [3.8, 4) is 0 Å². The van der Waals surface area contributed by atoms with Gasteiger partial charge in [-0.25, -0.2) is 0 Å². The summed E-state index contributed by atoms with van der Waals surface area (Å²) in [5, 5.41) is 3.91. The molecule has 20 heavy (non-hydrogen) atoms. The van der Waals surface area contributed by atoms with E-state index in [2.05, 4.69) is 16.6 Å². The van der Waals surface area contributed by atoms with Crippen LogP contribution in [0.2, 0.25) is 0 Å². The molecule has 0 fully saturated rings. The van der Waals surface area contributed by atoms with Crippen molar-refractivity contribution in [3.05, 3.63) is 30.0 Å². The second-order valence-corrected chi connectivity index (χ2v) is 5.82. The fourth-order valence-electron chi connectivity index (χ4n) is 2.12. The van der Waals surface area contributed by atoms with Crippen LogP contribution in [0, 0.1) is 0 Å². The van der Waals surface area contributed by atoms with E-state index in [1.165, 1.54) is 12.2 Å². The van der Waals surface area contributed by atoms with E-state index in [1.54, 1.807) is 0 Å². The standard InChI is InChI=1S/C15H21N3OS/c1-20-8-4-2-3-7-17-15(19)14-10-11-9-12(16)5-6-13(11)18-14/h5-6,9-10,18H,2-4,7-8,16H2,1H3,(H,17,19). The van der Waals surface area contributed by atoms with Crippen LogP contribution in [0.25, 0.3) is 10.9 Å². The van der Waals surface area contributed by atoms with E-state index in [-0.39, 0.29) is 5.91 Å². The molecule has 2 aromatic rings. The van der Waals surface area contributed by atoms with Gasteiger partial charge in [-0.15, -0.1) is 0 Å². The van der Waals surface area contributed by atoms with E-state index < -0.39 is 0 Å². The van der Waals surface area contributed by atoms with E-state index in [0.717, 1.165) is 30.3 Å². The predicted molar refractivity (Wildman–Crippen MR) is 87.3 cm³/mol. The molecule has 0 atom stereocenters. The zero-order chi connectivity index (χ0) is 14.4. The number of unbranched alkanes of at least 4 members (excludes halogenated alkanes) is 2. The Balaban J connectivity index is 1.85. The smallest absolute Gasteiger partial charge is 0.267 e. The first-order valence-electron chi connectivity index (χ1n) is 6.86. The summed E-state index contributed by atoms with van der Waals surface area (Å²) in [6.45, 7) is 0.727. The maximum atomic E-state index is 12.0. The van der Waals surface area contributed by atoms with Gasteiger partial charge in [0.1, 0.15) is 5.69 Å². The second kappa shape index (κ2) is 7.24. The predicted octanol–water partition coefficient (Wildman–Crippen LogP) is 3.01. The highest BCUT2D eigenvalue weighted by Gasteiger charge is 2.08. The molecule has 1 heterocycles. The average molecular weight is 291 g/mol. The summed E-state index contributed by atoms with van der Waals surface area (Å²) in [5.74, 6) is 1.14. The molecule has 1 aromatic heterocycles. The Kier molecular flexibility index (Phi) is 5.35. The molecule has 1 aromatic carbocycles. The van der Waals surface area contributed by atoms with Crippen LogP contribution in [0.5, 0.6) is 0 Å². The number of hydrogen-bond acceptors (Lipinski definition) is 3. The van der Waals surface area contributed by atoms with Gasteiger partial charge in [0, 0.05) is 23.1 Å². The molecule has 0 spiro atoms. The monoisotopic (exact) mass is 291 g/mol. The lowest BCUT2D eigenvalue weighted by Crippen LogP contribution is -2.24. The number of nitrogen functional groups attached to an aromatic ring is 1. The number of nitrogens with one attached hydrogen (secondary N) is 2. The van der Waals surface area contributed by atoms with Crippen LogP contribution in [0.1, 0.15) is 29.8 Å². The summed E-state index contributed by atoms with van der Waals surface area (Å²) in [7, 11) is 0. The largest absolute Gasteiger partial charge is 0.399 e. The van der Waals surface area contributed by atoms with Crippen molar-refractivity contribution in [1.29, 1.82) is 0 Å². The molecule has 0 aliphatic heterocycles. The van der Waals surface area contributed by atoms with Crippen LogP contribution in [0.4, 0.5) is 5.69 Å². The minimum absolute atomic E-state index is 0.0513. The fraction of sp³-hybridized carbons (Fsp3) is 0.400. The molecular weight excluding hydrogens is 270 g/mol. The lowest BCUT2D eigenvalue weighted by molar-refractivity contribution is 0.0949. The first kappa shape index (κ1) is 14.8. The van der Waals surface area contributed by atoms with Crippen LogP contribution < -0.4 is 11.1 Å². The van der Waals surface area contributed by atoms with Crippen LogP contribution >= 0.6 is 11.8 Å². The Morgan fingerprint density at radius 1 is 1.30 bits per heavy atom. The van der Waals surface area contributed by atoms with E-state index in [1.807, 2.05) is 36.0 Å². The van der Waals surface area contributed by atoms with Crippen LogP contribution in [-0.2, 0) is 0 Å². The van der Waals surface area contributed by atoms with E-state index in [4.69, 9.17) is 5.73 Å². The Bertz CT molecular complexity index is 580. The molecule has 0 saturated heterocycles. The molecule has 2 rings (SSSR count). The van der Waals surface area contributed by atoms with Crippen molar-refractivity contribution in [1.82, 2.24) is 10.3 Å². The highest BCUT2D eigenvalue weighted by molar-refractivity contribution is 7.98. The van der Waals surface area contributed by atoms with E-state index >= 15 is 0 Å². The van der Waals surface area contributed by atoms with Gasteiger partial charge in [-0.1, -0.05) is 6.42 Å². The van der Waals surface area contributed by atoms with Crippen LogP contribution in [0.3, 0.4) is 0 Å². The summed E-state index contributed by atoms with van der Waals surface area (Å²) >= 11 is 1.86. The maximum absolute atomic E-state index is 12.0. The fourth-order valence-corrected chi connectivity index (χ4v) is 2.61. The van der Waals surface area contributed by atoms with Crippen molar-refractivity contribution < 1.29 is 4.79 Å². The van der Waals surface area contributed by atoms with Gasteiger partial charge in [0.25, 0.3) is 5.91 Å². The Hall–Kier alpha value is -1.62. The summed E-state index contributed by atoms with van der Waals surface area (Å²) in [4.78, 5) is 15.1. The third-order valence-electron chi connectivity index (χ3n) is 3.20. The first-order chi connectivity index (χ1) is 9.70. The number of fused-ring (bicyclic) bond motifs is 1. The summed E-state index contributed by atoms with van der Waals surface area (Å²) in [6, 6.07) is 7.43. The number of thioether (sulfide) groups is 1. The number of nitrogens with two attached hydrogens (primary N) is 1. The number of rotatable bonds is 7. The van der Waals surface area contributed by atoms with Gasteiger partial charge in [0.05, 0.1) is 0 Å². The van der Waals surface area contributed by atoms with Gasteiger partial charge < -0.3 is 16.0 Å². The quantitative estimate of drug-likeness (QED) is 0.542. The molecule has 0 radical (unpaired) electrons. The van der Waals surface area contributed by atoms with Gasteiger partial charge in [-0.3, -0.25) is 4.79 Å². The number of aromatic nitrogens is 1. The number of H-pyrrole nitrogens is 1. The van der Waals surface area contributed by atoms with Crippen molar-refractivity contribution in [2.24, 2.45) is 0 Å². The zero-order valence-corrected chi connectivity index (χ0v) is 12.6. The molecule has 0 bridgehead atoms. The molecule has 1 amide bonds. The normalized spacial score (nSPS) is 10.8. The topological polar surface area (TPSA) is 70.9 Å².